The summed E-state index contributed by atoms with van der Waals surface area (Å²) in [5.74, 6) is -0.676. The van der Waals surface area contributed by atoms with Crippen LogP contribution in [0.1, 0.15) is 23.4 Å². The average Bonchev–Trinajstić information content (AvgIpc) is 3.07. The molecule has 0 amide bonds. The Morgan fingerprint density at radius 2 is 2.19 bits per heavy atom. The third-order valence-corrected chi connectivity index (χ3v) is 4.08. The van der Waals surface area contributed by atoms with Gasteiger partial charge in [-0.25, -0.2) is 0 Å². The highest BCUT2D eigenvalue weighted by atomic mass is 32.1. The maximum atomic E-state index is 12.2. The lowest BCUT2D eigenvalue weighted by Crippen LogP contribution is -2.18. The Bertz CT molecular complexity index is 709. The van der Waals surface area contributed by atoms with Crippen molar-refractivity contribution in [2.45, 2.75) is 19.3 Å². The molecule has 2 aromatic heterocycles. The molecule has 3 aromatic rings. The van der Waals surface area contributed by atoms with Crippen molar-refractivity contribution in [3.63, 3.8) is 0 Å². The topological polar surface area (TPSA) is 69.4 Å². The lowest BCUT2D eigenvalue weighted by atomic mass is 10.0. The summed E-state index contributed by atoms with van der Waals surface area (Å²) >= 11 is 1.36. The van der Waals surface area contributed by atoms with Crippen LogP contribution < -0.4 is 0 Å². The van der Waals surface area contributed by atoms with E-state index in [4.69, 9.17) is 4.74 Å². The summed E-state index contributed by atoms with van der Waals surface area (Å²) in [6, 6.07) is 9.84. The van der Waals surface area contributed by atoms with E-state index in [0.717, 1.165) is 5.56 Å². The summed E-state index contributed by atoms with van der Waals surface area (Å²) in [7, 11) is 0. The van der Waals surface area contributed by atoms with E-state index in [1.807, 2.05) is 30.3 Å². The van der Waals surface area contributed by atoms with Gasteiger partial charge in [0, 0.05) is 0 Å². The number of ether oxygens (including phenoxy) is 1. The third kappa shape index (κ3) is 2.92. The maximum Gasteiger partial charge on any atom is 0.316 e. The minimum Gasteiger partial charge on any atom is -0.465 e. The maximum absolute atomic E-state index is 12.2. The molecule has 1 unspecified atom stereocenters. The number of aromatic nitrogens is 4. The Morgan fingerprint density at radius 1 is 1.38 bits per heavy atom. The van der Waals surface area contributed by atoms with E-state index in [-0.39, 0.29) is 5.97 Å². The molecule has 108 valence electrons. The first-order valence-electron chi connectivity index (χ1n) is 6.65. The van der Waals surface area contributed by atoms with E-state index >= 15 is 0 Å². The van der Waals surface area contributed by atoms with Gasteiger partial charge in [0.15, 0.2) is 0 Å². The largest absolute Gasteiger partial charge is 0.465 e. The Hall–Kier alpha value is -2.28. The lowest BCUT2D eigenvalue weighted by molar-refractivity contribution is -0.144. The second kappa shape index (κ2) is 6.01. The van der Waals surface area contributed by atoms with Crippen LogP contribution in [-0.4, -0.2) is 32.4 Å². The summed E-state index contributed by atoms with van der Waals surface area (Å²) in [6.45, 7) is 2.16. The van der Waals surface area contributed by atoms with E-state index in [1.54, 1.807) is 11.4 Å². The van der Waals surface area contributed by atoms with Gasteiger partial charge in [-0.1, -0.05) is 41.7 Å². The molecule has 1 aromatic carbocycles. The molecular weight excluding hydrogens is 288 g/mol. The van der Waals surface area contributed by atoms with Crippen LogP contribution in [0.15, 0.2) is 36.7 Å². The van der Waals surface area contributed by atoms with Crippen LogP contribution in [0.25, 0.3) is 4.96 Å². The van der Waals surface area contributed by atoms with Gasteiger partial charge in [0.2, 0.25) is 4.96 Å². The SMILES string of the molecule is CCOC(=O)C(Cc1ccccc1)c1nn2cnnc2s1. The molecule has 0 aliphatic rings. The molecular formula is C14H14N4O2S. The molecule has 6 nitrogen and oxygen atoms in total. The molecule has 3 rings (SSSR count). The molecule has 0 saturated carbocycles. The Balaban J connectivity index is 1.91. The number of esters is 1. The number of nitrogens with zero attached hydrogens (tertiary/aromatic N) is 4. The fourth-order valence-electron chi connectivity index (χ4n) is 2.08. The van der Waals surface area contributed by atoms with Crippen LogP contribution >= 0.6 is 11.3 Å². The van der Waals surface area contributed by atoms with Crippen LogP contribution in [0.2, 0.25) is 0 Å². The predicted octanol–water partition coefficient (Wildman–Crippen LogP) is 2.08. The second-order valence-corrected chi connectivity index (χ2v) is 5.48. The number of benzene rings is 1. The first-order chi connectivity index (χ1) is 10.3. The summed E-state index contributed by atoms with van der Waals surface area (Å²) in [6.07, 6.45) is 2.09. The van der Waals surface area contributed by atoms with Crippen LogP contribution in [0, 0.1) is 0 Å². The van der Waals surface area contributed by atoms with Crippen LogP contribution in [0.4, 0.5) is 0 Å². The van der Waals surface area contributed by atoms with Crippen LogP contribution in [-0.2, 0) is 16.0 Å². The average molecular weight is 302 g/mol. The molecule has 0 radical (unpaired) electrons. The quantitative estimate of drug-likeness (QED) is 0.675. The highest BCUT2D eigenvalue weighted by Crippen LogP contribution is 2.26. The third-order valence-electron chi connectivity index (χ3n) is 3.05. The Morgan fingerprint density at radius 3 is 2.90 bits per heavy atom. The highest BCUT2D eigenvalue weighted by molar-refractivity contribution is 7.16. The minimum absolute atomic E-state index is 0.258. The molecule has 2 heterocycles. The molecule has 0 fully saturated rings. The van der Waals surface area contributed by atoms with Gasteiger partial charge in [0.05, 0.1) is 6.61 Å². The molecule has 0 N–H and O–H groups in total. The normalized spacial score (nSPS) is 12.4. The van der Waals surface area contributed by atoms with Crippen molar-refractivity contribution in [3.8, 4) is 0 Å². The number of rotatable bonds is 5. The van der Waals surface area contributed by atoms with Gasteiger partial charge in [0.25, 0.3) is 0 Å². The fraction of sp³-hybridized carbons (Fsp3) is 0.286. The van der Waals surface area contributed by atoms with Gasteiger partial charge in [-0.2, -0.15) is 9.61 Å². The predicted molar refractivity (Wildman–Crippen MR) is 78.2 cm³/mol. The van der Waals surface area contributed by atoms with Gasteiger partial charge < -0.3 is 4.74 Å². The van der Waals surface area contributed by atoms with Crippen molar-refractivity contribution < 1.29 is 9.53 Å². The molecule has 0 aliphatic heterocycles. The number of hydrogen-bond donors (Lipinski definition) is 0. The standard InChI is InChI=1S/C14H14N4O2S/c1-2-20-13(19)11(8-10-6-4-3-5-7-10)12-17-18-9-15-16-14(18)21-12/h3-7,9,11H,2,8H2,1H3. The monoisotopic (exact) mass is 302 g/mol. The van der Waals surface area contributed by atoms with Crippen molar-refractivity contribution in [2.24, 2.45) is 0 Å². The van der Waals surface area contributed by atoms with Gasteiger partial charge in [-0.3, -0.25) is 4.79 Å². The molecule has 21 heavy (non-hydrogen) atoms. The number of carbonyl (C=O) groups excluding carboxylic acids is 1. The molecule has 0 aliphatic carbocycles. The summed E-state index contributed by atoms with van der Waals surface area (Å²) in [4.78, 5) is 12.9. The van der Waals surface area contributed by atoms with Crippen molar-refractivity contribution in [1.29, 1.82) is 0 Å². The molecule has 7 heteroatoms. The van der Waals surface area contributed by atoms with E-state index in [0.29, 0.717) is 23.0 Å². The molecule has 0 saturated heterocycles. The number of hydrogen-bond acceptors (Lipinski definition) is 6. The first-order valence-corrected chi connectivity index (χ1v) is 7.47. The number of carbonyl (C=O) groups is 1. The van der Waals surface area contributed by atoms with E-state index in [9.17, 15) is 4.79 Å². The molecule has 1 atom stereocenters. The van der Waals surface area contributed by atoms with Crippen molar-refractivity contribution in [1.82, 2.24) is 19.8 Å². The minimum atomic E-state index is -0.418. The zero-order valence-corrected chi connectivity index (χ0v) is 12.3. The summed E-state index contributed by atoms with van der Waals surface area (Å²) in [5.41, 5.74) is 1.07. The van der Waals surface area contributed by atoms with Crippen LogP contribution in [0.5, 0.6) is 0 Å². The van der Waals surface area contributed by atoms with E-state index < -0.39 is 5.92 Å². The summed E-state index contributed by atoms with van der Waals surface area (Å²) < 4.78 is 6.77. The van der Waals surface area contributed by atoms with Crippen molar-refractivity contribution in [2.75, 3.05) is 6.61 Å². The van der Waals surface area contributed by atoms with Crippen molar-refractivity contribution in [3.05, 3.63) is 47.2 Å². The number of fused-ring (bicyclic) bond motifs is 1. The van der Waals surface area contributed by atoms with Gasteiger partial charge in [0.1, 0.15) is 17.3 Å². The van der Waals surface area contributed by atoms with Crippen molar-refractivity contribution >= 4 is 22.3 Å². The smallest absolute Gasteiger partial charge is 0.316 e. The summed E-state index contributed by atoms with van der Waals surface area (Å²) in [5, 5.41) is 12.8. The van der Waals surface area contributed by atoms with E-state index in [1.165, 1.54) is 17.7 Å². The Kier molecular flexibility index (Phi) is 3.92. The fourth-order valence-corrected chi connectivity index (χ4v) is 2.99. The van der Waals surface area contributed by atoms with Gasteiger partial charge in [-0.15, -0.1) is 10.2 Å². The highest BCUT2D eigenvalue weighted by Gasteiger charge is 2.26. The first kappa shape index (κ1) is 13.7. The van der Waals surface area contributed by atoms with E-state index in [2.05, 4.69) is 15.3 Å². The van der Waals surface area contributed by atoms with Gasteiger partial charge in [-0.05, 0) is 18.9 Å². The molecule has 0 spiro atoms. The zero-order chi connectivity index (χ0) is 14.7. The Labute approximate surface area is 125 Å². The zero-order valence-electron chi connectivity index (χ0n) is 11.5. The molecule has 0 bridgehead atoms. The lowest BCUT2D eigenvalue weighted by Gasteiger charge is -2.12. The van der Waals surface area contributed by atoms with Crippen LogP contribution in [0.3, 0.4) is 0 Å². The van der Waals surface area contributed by atoms with Gasteiger partial charge >= 0.3 is 5.97 Å². The second-order valence-electron chi connectivity index (χ2n) is 4.49.